The van der Waals surface area contributed by atoms with Gasteiger partial charge in [0.25, 0.3) is 0 Å². The molecule has 0 radical (unpaired) electrons. The van der Waals surface area contributed by atoms with E-state index in [4.69, 9.17) is 4.74 Å². The van der Waals surface area contributed by atoms with E-state index in [2.05, 4.69) is 20.1 Å². The number of allylic oxidation sites excluding steroid dienone is 1. The molecule has 0 aliphatic carbocycles. The third-order valence-corrected chi connectivity index (χ3v) is 2.63. The van der Waals surface area contributed by atoms with Gasteiger partial charge in [-0.2, -0.15) is 0 Å². The van der Waals surface area contributed by atoms with Crippen LogP contribution in [-0.2, 0) is 0 Å². The van der Waals surface area contributed by atoms with Gasteiger partial charge in [0, 0.05) is 0 Å². The SMILES string of the molecule is C=Cc1ccc(OCCCCCC(=C)C)cc1. The molecule has 0 saturated carbocycles. The van der Waals surface area contributed by atoms with Gasteiger partial charge < -0.3 is 4.74 Å². The fourth-order valence-electron chi connectivity index (χ4n) is 1.60. The average molecular weight is 230 g/mol. The monoisotopic (exact) mass is 230 g/mol. The Kier molecular flexibility index (Phi) is 6.16. The summed E-state index contributed by atoms with van der Waals surface area (Å²) in [6.07, 6.45) is 6.50. The molecule has 0 aliphatic heterocycles. The van der Waals surface area contributed by atoms with Crippen molar-refractivity contribution in [1.29, 1.82) is 0 Å². The molecule has 0 atom stereocenters. The van der Waals surface area contributed by atoms with Crippen LogP contribution in [0.2, 0.25) is 0 Å². The van der Waals surface area contributed by atoms with Crippen molar-refractivity contribution in [2.45, 2.75) is 32.6 Å². The minimum absolute atomic E-state index is 0.795. The molecule has 92 valence electrons. The summed E-state index contributed by atoms with van der Waals surface area (Å²) in [6, 6.07) is 8.02. The summed E-state index contributed by atoms with van der Waals surface area (Å²) in [7, 11) is 0. The lowest BCUT2D eigenvalue weighted by atomic mass is 10.1. The Bertz CT molecular complexity index is 348. The van der Waals surface area contributed by atoms with Gasteiger partial charge in [-0.05, 0) is 50.3 Å². The number of hydrogen-bond donors (Lipinski definition) is 0. The van der Waals surface area contributed by atoms with E-state index in [1.807, 2.05) is 30.3 Å². The molecular formula is C16H22O. The van der Waals surface area contributed by atoms with E-state index in [9.17, 15) is 0 Å². The molecule has 0 aliphatic rings. The molecule has 1 rings (SSSR count). The molecule has 1 aromatic carbocycles. The smallest absolute Gasteiger partial charge is 0.119 e. The van der Waals surface area contributed by atoms with Crippen molar-refractivity contribution >= 4 is 6.08 Å². The van der Waals surface area contributed by atoms with Crippen LogP contribution in [0.4, 0.5) is 0 Å². The molecule has 0 unspecified atom stereocenters. The molecule has 0 spiro atoms. The van der Waals surface area contributed by atoms with Gasteiger partial charge in [0.05, 0.1) is 6.61 Å². The van der Waals surface area contributed by atoms with E-state index < -0.39 is 0 Å². The van der Waals surface area contributed by atoms with Crippen LogP contribution in [0, 0.1) is 0 Å². The van der Waals surface area contributed by atoms with E-state index in [-0.39, 0.29) is 0 Å². The second kappa shape index (κ2) is 7.72. The number of ether oxygens (including phenoxy) is 1. The van der Waals surface area contributed by atoms with E-state index in [1.54, 1.807) is 0 Å². The van der Waals surface area contributed by atoms with Crippen LogP contribution >= 0.6 is 0 Å². The Balaban J connectivity index is 2.13. The van der Waals surface area contributed by atoms with E-state index >= 15 is 0 Å². The summed E-state index contributed by atoms with van der Waals surface area (Å²) in [5.41, 5.74) is 2.39. The van der Waals surface area contributed by atoms with Crippen molar-refractivity contribution < 1.29 is 4.74 Å². The molecule has 1 nitrogen and oxygen atoms in total. The normalized spacial score (nSPS) is 9.94. The lowest BCUT2D eigenvalue weighted by molar-refractivity contribution is 0.305. The summed E-state index contributed by atoms with van der Waals surface area (Å²) >= 11 is 0. The third kappa shape index (κ3) is 5.96. The van der Waals surface area contributed by atoms with Crippen LogP contribution in [0.15, 0.2) is 43.0 Å². The van der Waals surface area contributed by atoms with Crippen LogP contribution in [0.3, 0.4) is 0 Å². The standard InChI is InChI=1S/C16H22O/c1-4-15-9-11-16(12-10-15)17-13-7-5-6-8-14(2)3/h4,9-12H,1-2,5-8,13H2,3H3. The quantitative estimate of drug-likeness (QED) is 0.458. The maximum Gasteiger partial charge on any atom is 0.119 e. The van der Waals surface area contributed by atoms with E-state index in [0.717, 1.165) is 30.8 Å². The highest BCUT2D eigenvalue weighted by Crippen LogP contribution is 2.13. The fraction of sp³-hybridized carbons (Fsp3) is 0.375. The molecule has 0 N–H and O–H groups in total. The van der Waals surface area contributed by atoms with Crippen molar-refractivity contribution in [3.05, 3.63) is 48.6 Å². The minimum atomic E-state index is 0.795. The second-order valence-electron chi connectivity index (χ2n) is 4.39. The molecule has 0 heterocycles. The lowest BCUT2D eigenvalue weighted by Gasteiger charge is -2.06. The van der Waals surface area contributed by atoms with Crippen LogP contribution in [0.25, 0.3) is 6.08 Å². The summed E-state index contributed by atoms with van der Waals surface area (Å²) in [4.78, 5) is 0. The molecule has 0 saturated heterocycles. The average Bonchev–Trinajstić information content (AvgIpc) is 2.34. The number of hydrogen-bond acceptors (Lipinski definition) is 1. The molecule has 17 heavy (non-hydrogen) atoms. The van der Waals surface area contributed by atoms with Crippen molar-refractivity contribution in [1.82, 2.24) is 0 Å². The Morgan fingerprint density at radius 3 is 2.47 bits per heavy atom. The van der Waals surface area contributed by atoms with Crippen LogP contribution in [0.5, 0.6) is 5.75 Å². The summed E-state index contributed by atoms with van der Waals surface area (Å²) in [6.45, 7) is 10.5. The Morgan fingerprint density at radius 2 is 1.88 bits per heavy atom. The molecule has 0 fully saturated rings. The topological polar surface area (TPSA) is 9.23 Å². The zero-order chi connectivity index (χ0) is 12.5. The van der Waals surface area contributed by atoms with Crippen molar-refractivity contribution in [2.24, 2.45) is 0 Å². The Morgan fingerprint density at radius 1 is 1.18 bits per heavy atom. The van der Waals surface area contributed by atoms with E-state index in [0.29, 0.717) is 0 Å². The number of benzene rings is 1. The van der Waals surface area contributed by atoms with Crippen LogP contribution < -0.4 is 4.74 Å². The lowest BCUT2D eigenvalue weighted by Crippen LogP contribution is -1.97. The van der Waals surface area contributed by atoms with Gasteiger partial charge in [0.1, 0.15) is 5.75 Å². The maximum absolute atomic E-state index is 5.66. The molecule has 0 bridgehead atoms. The highest BCUT2D eigenvalue weighted by atomic mass is 16.5. The Hall–Kier alpha value is -1.50. The van der Waals surface area contributed by atoms with Gasteiger partial charge in [-0.25, -0.2) is 0 Å². The highest BCUT2D eigenvalue weighted by molar-refractivity contribution is 5.48. The number of unbranched alkanes of at least 4 members (excludes halogenated alkanes) is 2. The molecule has 1 aromatic rings. The van der Waals surface area contributed by atoms with Gasteiger partial charge in [-0.1, -0.05) is 30.4 Å². The Labute approximate surface area is 105 Å². The largest absolute Gasteiger partial charge is 0.494 e. The summed E-state index contributed by atoms with van der Waals surface area (Å²) in [5.74, 6) is 0.940. The first-order valence-electron chi connectivity index (χ1n) is 6.22. The van der Waals surface area contributed by atoms with Gasteiger partial charge in [-0.3, -0.25) is 0 Å². The van der Waals surface area contributed by atoms with Gasteiger partial charge in [-0.15, -0.1) is 6.58 Å². The van der Waals surface area contributed by atoms with Crippen LogP contribution in [-0.4, -0.2) is 6.61 Å². The second-order valence-corrected chi connectivity index (χ2v) is 4.39. The summed E-state index contributed by atoms with van der Waals surface area (Å²) in [5, 5.41) is 0. The molecule has 0 amide bonds. The van der Waals surface area contributed by atoms with Crippen LogP contribution in [0.1, 0.15) is 38.2 Å². The van der Waals surface area contributed by atoms with Crippen molar-refractivity contribution in [2.75, 3.05) is 6.61 Å². The van der Waals surface area contributed by atoms with Gasteiger partial charge >= 0.3 is 0 Å². The molecule has 0 aromatic heterocycles. The van der Waals surface area contributed by atoms with Crippen molar-refractivity contribution in [3.8, 4) is 5.75 Å². The summed E-state index contributed by atoms with van der Waals surface area (Å²) < 4.78 is 5.66. The van der Waals surface area contributed by atoms with E-state index in [1.165, 1.54) is 18.4 Å². The predicted molar refractivity (Wildman–Crippen MR) is 75.3 cm³/mol. The predicted octanol–water partition coefficient (Wildman–Crippen LogP) is 4.84. The zero-order valence-electron chi connectivity index (χ0n) is 10.7. The highest BCUT2D eigenvalue weighted by Gasteiger charge is 1.94. The first-order chi connectivity index (χ1) is 8.22. The maximum atomic E-state index is 5.66. The molecule has 1 heteroatoms. The number of rotatable bonds is 8. The molecular weight excluding hydrogens is 208 g/mol. The first-order valence-corrected chi connectivity index (χ1v) is 6.22. The fourth-order valence-corrected chi connectivity index (χ4v) is 1.60. The van der Waals surface area contributed by atoms with Gasteiger partial charge in [0.15, 0.2) is 0 Å². The van der Waals surface area contributed by atoms with Crippen molar-refractivity contribution in [3.63, 3.8) is 0 Å². The van der Waals surface area contributed by atoms with Gasteiger partial charge in [0.2, 0.25) is 0 Å². The zero-order valence-corrected chi connectivity index (χ0v) is 10.7. The first kappa shape index (κ1) is 13.6. The third-order valence-electron chi connectivity index (χ3n) is 2.63. The minimum Gasteiger partial charge on any atom is -0.494 e.